The van der Waals surface area contributed by atoms with Gasteiger partial charge in [0.25, 0.3) is 0 Å². The van der Waals surface area contributed by atoms with E-state index < -0.39 is 10.0 Å². The maximum absolute atomic E-state index is 12.9. The van der Waals surface area contributed by atoms with Crippen LogP contribution in [0.2, 0.25) is 0 Å². The topological polar surface area (TPSA) is 70.8 Å². The number of anilines is 1. The second-order valence-corrected chi connectivity index (χ2v) is 9.21. The van der Waals surface area contributed by atoms with E-state index in [0.29, 0.717) is 12.2 Å². The summed E-state index contributed by atoms with van der Waals surface area (Å²) in [6.07, 6.45) is 4.12. The number of carbonyl (C=O) groups excluding carboxylic acids is 1. The third-order valence-corrected chi connectivity index (χ3v) is 6.90. The minimum absolute atomic E-state index is 0.0666. The number of carbonyl (C=O) groups is 1. The van der Waals surface area contributed by atoms with Crippen molar-refractivity contribution in [3.05, 3.63) is 47.9 Å². The zero-order valence-electron chi connectivity index (χ0n) is 14.9. The molecule has 4 rings (SSSR count). The Morgan fingerprint density at radius 3 is 2.73 bits per heavy atom. The summed E-state index contributed by atoms with van der Waals surface area (Å²) >= 11 is 0. The second-order valence-electron chi connectivity index (χ2n) is 7.17. The van der Waals surface area contributed by atoms with E-state index in [2.05, 4.69) is 0 Å². The van der Waals surface area contributed by atoms with E-state index in [1.165, 1.54) is 17.6 Å². The number of sulfonamides is 1. The van der Waals surface area contributed by atoms with Gasteiger partial charge in [-0.05, 0) is 62.1 Å². The molecule has 1 aromatic carbocycles. The number of rotatable bonds is 5. The van der Waals surface area contributed by atoms with Crippen LogP contribution in [0.4, 0.5) is 5.69 Å². The predicted molar refractivity (Wildman–Crippen MR) is 97.2 cm³/mol. The van der Waals surface area contributed by atoms with Crippen molar-refractivity contribution in [1.82, 2.24) is 4.31 Å². The zero-order chi connectivity index (χ0) is 18.5. The van der Waals surface area contributed by atoms with Gasteiger partial charge in [-0.3, -0.25) is 4.79 Å². The third-order valence-electron chi connectivity index (χ3n) is 5.10. The van der Waals surface area contributed by atoms with Crippen LogP contribution in [0.3, 0.4) is 0 Å². The molecular weight excluding hydrogens is 352 g/mol. The highest BCUT2D eigenvalue weighted by Crippen LogP contribution is 2.39. The fourth-order valence-corrected chi connectivity index (χ4v) is 4.71. The molecule has 1 aliphatic heterocycles. The molecule has 2 aromatic rings. The first kappa shape index (κ1) is 17.3. The van der Waals surface area contributed by atoms with Crippen molar-refractivity contribution < 1.29 is 17.6 Å². The van der Waals surface area contributed by atoms with E-state index in [1.807, 2.05) is 11.8 Å². The Morgan fingerprint density at radius 2 is 2.08 bits per heavy atom. The molecule has 0 saturated heterocycles. The lowest BCUT2D eigenvalue weighted by molar-refractivity contribution is -0.120. The third kappa shape index (κ3) is 2.95. The summed E-state index contributed by atoms with van der Waals surface area (Å²) in [7, 11) is -2.09. The molecular formula is C19H22N2O4S. The van der Waals surface area contributed by atoms with Crippen LogP contribution in [0.5, 0.6) is 0 Å². The summed E-state index contributed by atoms with van der Waals surface area (Å²) in [5, 5.41) is 0. The Balaban J connectivity index is 1.61. The van der Waals surface area contributed by atoms with Gasteiger partial charge in [0.05, 0.1) is 17.7 Å². The van der Waals surface area contributed by atoms with Crippen LogP contribution in [0, 0.1) is 5.92 Å². The molecule has 1 saturated carbocycles. The Hall–Kier alpha value is -2.12. The fourth-order valence-electron chi connectivity index (χ4n) is 3.52. The SMILES string of the molecule is CC1Cc2cc(S(=O)(=O)N(C)Cc3ccco3)ccc2N1C(=O)C1CC1. The molecule has 0 bridgehead atoms. The van der Waals surface area contributed by atoms with Gasteiger partial charge in [0.2, 0.25) is 15.9 Å². The standard InChI is InChI=1S/C19H22N2O4S/c1-13-10-15-11-17(7-8-18(15)21(13)19(22)14-5-6-14)26(23,24)20(2)12-16-4-3-9-25-16/h3-4,7-9,11,13-14H,5-6,10,12H2,1-2H3. The number of amides is 1. The van der Waals surface area contributed by atoms with Gasteiger partial charge in [0.15, 0.2) is 0 Å². The van der Waals surface area contributed by atoms with Crippen LogP contribution >= 0.6 is 0 Å². The zero-order valence-corrected chi connectivity index (χ0v) is 15.7. The summed E-state index contributed by atoms with van der Waals surface area (Å²) in [6.45, 7) is 2.19. The first-order valence-electron chi connectivity index (χ1n) is 8.82. The van der Waals surface area contributed by atoms with Gasteiger partial charge < -0.3 is 9.32 Å². The van der Waals surface area contributed by atoms with Crippen molar-refractivity contribution >= 4 is 21.6 Å². The minimum Gasteiger partial charge on any atom is -0.468 e. The van der Waals surface area contributed by atoms with Crippen LogP contribution < -0.4 is 4.90 Å². The van der Waals surface area contributed by atoms with E-state index in [1.54, 1.807) is 30.3 Å². The van der Waals surface area contributed by atoms with E-state index >= 15 is 0 Å². The van der Waals surface area contributed by atoms with Crippen molar-refractivity contribution in [3.63, 3.8) is 0 Å². The molecule has 1 aliphatic carbocycles. The van der Waals surface area contributed by atoms with Gasteiger partial charge in [-0.1, -0.05) is 0 Å². The van der Waals surface area contributed by atoms with Crippen molar-refractivity contribution in [2.24, 2.45) is 5.92 Å². The lowest BCUT2D eigenvalue weighted by atomic mass is 10.1. The molecule has 1 aromatic heterocycles. The summed E-state index contributed by atoms with van der Waals surface area (Å²) in [5.74, 6) is 0.903. The molecule has 6 nitrogen and oxygen atoms in total. The van der Waals surface area contributed by atoms with Gasteiger partial charge in [0, 0.05) is 24.7 Å². The van der Waals surface area contributed by atoms with Crippen molar-refractivity contribution in [2.75, 3.05) is 11.9 Å². The fraction of sp³-hybridized carbons (Fsp3) is 0.421. The molecule has 2 heterocycles. The molecule has 0 spiro atoms. The van der Waals surface area contributed by atoms with Crippen molar-refractivity contribution in [1.29, 1.82) is 0 Å². The molecule has 138 valence electrons. The highest BCUT2D eigenvalue weighted by molar-refractivity contribution is 7.89. The van der Waals surface area contributed by atoms with Gasteiger partial charge in [-0.25, -0.2) is 8.42 Å². The van der Waals surface area contributed by atoms with Crippen LogP contribution in [0.25, 0.3) is 0 Å². The lowest BCUT2D eigenvalue weighted by Gasteiger charge is -2.23. The molecule has 0 N–H and O–H groups in total. The van der Waals surface area contributed by atoms with Gasteiger partial charge in [-0.15, -0.1) is 0 Å². The van der Waals surface area contributed by atoms with Crippen LogP contribution in [-0.2, 0) is 27.8 Å². The molecule has 0 radical (unpaired) electrons. The molecule has 1 fully saturated rings. The van der Waals surface area contributed by atoms with E-state index in [-0.39, 0.29) is 29.3 Å². The number of hydrogen-bond acceptors (Lipinski definition) is 4. The Bertz CT molecular complexity index is 932. The summed E-state index contributed by atoms with van der Waals surface area (Å²) in [5.41, 5.74) is 1.76. The molecule has 2 aliphatic rings. The molecule has 1 amide bonds. The van der Waals surface area contributed by atoms with E-state index in [4.69, 9.17) is 4.42 Å². The quantitative estimate of drug-likeness (QED) is 0.807. The molecule has 7 heteroatoms. The average molecular weight is 374 g/mol. The molecule has 1 atom stereocenters. The first-order chi connectivity index (χ1) is 12.4. The van der Waals surface area contributed by atoms with Crippen LogP contribution in [-0.4, -0.2) is 31.7 Å². The smallest absolute Gasteiger partial charge is 0.243 e. The second kappa shape index (κ2) is 6.25. The van der Waals surface area contributed by atoms with Crippen molar-refractivity contribution in [2.45, 2.75) is 43.7 Å². The summed E-state index contributed by atoms with van der Waals surface area (Å²) < 4.78 is 32.3. The highest BCUT2D eigenvalue weighted by atomic mass is 32.2. The number of hydrogen-bond donors (Lipinski definition) is 0. The number of furan rings is 1. The largest absolute Gasteiger partial charge is 0.468 e. The van der Waals surface area contributed by atoms with E-state index in [9.17, 15) is 13.2 Å². The maximum atomic E-state index is 12.9. The summed E-state index contributed by atoms with van der Waals surface area (Å²) in [6, 6.07) is 8.62. The lowest BCUT2D eigenvalue weighted by Crippen LogP contribution is -2.36. The number of fused-ring (bicyclic) bond motifs is 1. The Labute approximate surface area is 153 Å². The van der Waals surface area contributed by atoms with Gasteiger partial charge >= 0.3 is 0 Å². The average Bonchev–Trinajstić information content (AvgIpc) is 3.23. The normalized spacial score (nSPS) is 19.8. The van der Waals surface area contributed by atoms with Crippen LogP contribution in [0.15, 0.2) is 45.9 Å². The molecule has 1 unspecified atom stereocenters. The number of benzene rings is 1. The monoisotopic (exact) mass is 374 g/mol. The van der Waals surface area contributed by atoms with Crippen molar-refractivity contribution in [3.8, 4) is 0 Å². The van der Waals surface area contributed by atoms with E-state index in [0.717, 1.165) is 24.1 Å². The predicted octanol–water partition coefficient (Wildman–Crippen LogP) is 2.79. The maximum Gasteiger partial charge on any atom is 0.243 e. The number of nitrogens with zero attached hydrogens (tertiary/aromatic N) is 2. The summed E-state index contributed by atoms with van der Waals surface area (Å²) in [4.78, 5) is 14.6. The highest BCUT2D eigenvalue weighted by Gasteiger charge is 2.40. The Morgan fingerprint density at radius 1 is 1.31 bits per heavy atom. The van der Waals surface area contributed by atoms with Crippen LogP contribution in [0.1, 0.15) is 31.1 Å². The Kier molecular flexibility index (Phi) is 4.16. The minimum atomic E-state index is -3.63. The van der Waals surface area contributed by atoms with Gasteiger partial charge in [0.1, 0.15) is 5.76 Å². The first-order valence-corrected chi connectivity index (χ1v) is 10.3. The molecule has 26 heavy (non-hydrogen) atoms. The van der Waals surface area contributed by atoms with Gasteiger partial charge in [-0.2, -0.15) is 4.31 Å².